The summed E-state index contributed by atoms with van der Waals surface area (Å²) in [6.07, 6.45) is 3.43. The first kappa shape index (κ1) is 15.7. The van der Waals surface area contributed by atoms with E-state index in [-0.39, 0.29) is 24.4 Å². The van der Waals surface area contributed by atoms with Gasteiger partial charge in [0.05, 0.1) is 5.52 Å². The van der Waals surface area contributed by atoms with Gasteiger partial charge >= 0.3 is 0 Å². The molecular formula is C17H20FN3O2. The van der Waals surface area contributed by atoms with Gasteiger partial charge in [-0.2, -0.15) is 0 Å². The minimum absolute atomic E-state index is 0.0378. The van der Waals surface area contributed by atoms with Crippen molar-refractivity contribution in [3.8, 4) is 0 Å². The monoisotopic (exact) mass is 317 g/mol. The largest absolute Gasteiger partial charge is 0.382 e. The maximum Gasteiger partial charge on any atom is 0.248 e. The maximum absolute atomic E-state index is 13.3. The van der Waals surface area contributed by atoms with Crippen molar-refractivity contribution in [3.63, 3.8) is 0 Å². The zero-order chi connectivity index (χ0) is 16.2. The van der Waals surface area contributed by atoms with Gasteiger partial charge in [-0.3, -0.25) is 9.78 Å². The number of anilines is 1. The van der Waals surface area contributed by atoms with Crippen molar-refractivity contribution in [2.45, 2.75) is 18.9 Å². The third kappa shape index (κ3) is 3.59. The normalized spacial score (nSPS) is 15.8. The minimum atomic E-state index is -0.285. The van der Waals surface area contributed by atoms with Gasteiger partial charge in [0.1, 0.15) is 12.4 Å². The molecule has 122 valence electrons. The summed E-state index contributed by atoms with van der Waals surface area (Å²) < 4.78 is 18.2. The maximum atomic E-state index is 13.3. The second-order valence-electron chi connectivity index (χ2n) is 5.75. The Kier molecular flexibility index (Phi) is 4.71. The number of hydrogen-bond donors (Lipinski definition) is 1. The summed E-state index contributed by atoms with van der Waals surface area (Å²) >= 11 is 0. The zero-order valence-electron chi connectivity index (χ0n) is 13.1. The molecule has 1 aromatic heterocycles. The number of nitrogens with one attached hydrogen (secondary N) is 1. The van der Waals surface area contributed by atoms with Crippen molar-refractivity contribution in [2.75, 3.05) is 32.1 Å². The topological polar surface area (TPSA) is 54.5 Å². The number of benzene rings is 1. The SMILES string of the molecule is COCC(=O)N1CCC(Nc2ccnc3cc(F)ccc23)CC1. The molecule has 2 heterocycles. The molecule has 0 aliphatic carbocycles. The first-order valence-electron chi connectivity index (χ1n) is 7.75. The molecule has 23 heavy (non-hydrogen) atoms. The highest BCUT2D eigenvalue weighted by molar-refractivity contribution is 5.91. The Morgan fingerprint density at radius 3 is 2.91 bits per heavy atom. The van der Waals surface area contributed by atoms with E-state index in [2.05, 4.69) is 10.3 Å². The lowest BCUT2D eigenvalue weighted by Gasteiger charge is -2.33. The lowest BCUT2D eigenvalue weighted by atomic mass is 10.0. The number of amides is 1. The van der Waals surface area contributed by atoms with Crippen LogP contribution in [-0.2, 0) is 9.53 Å². The lowest BCUT2D eigenvalue weighted by Crippen LogP contribution is -2.43. The average Bonchev–Trinajstić information content (AvgIpc) is 2.55. The molecular weight excluding hydrogens is 297 g/mol. The van der Waals surface area contributed by atoms with Crippen molar-refractivity contribution in [1.82, 2.24) is 9.88 Å². The molecule has 1 aliphatic heterocycles. The summed E-state index contributed by atoms with van der Waals surface area (Å²) in [5.41, 5.74) is 1.60. The second kappa shape index (κ2) is 6.91. The van der Waals surface area contributed by atoms with Crippen LogP contribution in [0.25, 0.3) is 10.9 Å². The Labute approximate surface area is 134 Å². The molecule has 1 fully saturated rings. The predicted octanol–water partition coefficient (Wildman–Crippen LogP) is 2.42. The van der Waals surface area contributed by atoms with Gasteiger partial charge in [0, 0.05) is 49.6 Å². The Morgan fingerprint density at radius 2 is 2.17 bits per heavy atom. The molecule has 6 heteroatoms. The van der Waals surface area contributed by atoms with E-state index in [1.54, 1.807) is 12.3 Å². The molecule has 1 amide bonds. The van der Waals surface area contributed by atoms with Gasteiger partial charge in [-0.1, -0.05) is 0 Å². The molecule has 0 spiro atoms. The quantitative estimate of drug-likeness (QED) is 0.941. The molecule has 1 aliphatic rings. The van der Waals surface area contributed by atoms with Gasteiger partial charge in [0.25, 0.3) is 0 Å². The molecule has 2 aromatic rings. The Bertz CT molecular complexity index is 699. The van der Waals surface area contributed by atoms with Crippen LogP contribution in [0.4, 0.5) is 10.1 Å². The number of hydrogen-bond acceptors (Lipinski definition) is 4. The van der Waals surface area contributed by atoms with E-state index >= 15 is 0 Å². The average molecular weight is 317 g/mol. The van der Waals surface area contributed by atoms with E-state index in [0.717, 1.165) is 37.0 Å². The summed E-state index contributed by atoms with van der Waals surface area (Å²) in [6, 6.07) is 6.82. The molecule has 5 nitrogen and oxygen atoms in total. The van der Waals surface area contributed by atoms with Crippen LogP contribution in [0, 0.1) is 5.82 Å². The van der Waals surface area contributed by atoms with Crippen LogP contribution < -0.4 is 5.32 Å². The molecule has 3 rings (SSSR count). The molecule has 1 saturated heterocycles. The van der Waals surface area contributed by atoms with Crippen LogP contribution in [0.15, 0.2) is 30.5 Å². The predicted molar refractivity (Wildman–Crippen MR) is 86.8 cm³/mol. The lowest BCUT2D eigenvalue weighted by molar-refractivity contribution is -0.136. The molecule has 0 saturated carbocycles. The van der Waals surface area contributed by atoms with Gasteiger partial charge < -0.3 is 15.0 Å². The fraction of sp³-hybridized carbons (Fsp3) is 0.412. The molecule has 0 unspecified atom stereocenters. The number of piperidine rings is 1. The standard InChI is InChI=1S/C17H20FN3O2/c1-23-11-17(22)21-8-5-13(6-9-21)20-15-4-7-19-16-10-12(18)2-3-14(15)16/h2-4,7,10,13H,5-6,8-9,11H2,1H3,(H,19,20). The van der Waals surface area contributed by atoms with Crippen LogP contribution in [-0.4, -0.2) is 48.6 Å². The summed E-state index contributed by atoms with van der Waals surface area (Å²) in [5, 5.41) is 4.41. The Hall–Kier alpha value is -2.21. The third-order valence-electron chi connectivity index (χ3n) is 4.18. The van der Waals surface area contributed by atoms with E-state index in [1.807, 2.05) is 11.0 Å². The summed E-state index contributed by atoms with van der Waals surface area (Å²) in [6.45, 7) is 1.58. The van der Waals surface area contributed by atoms with Crippen molar-refractivity contribution in [3.05, 3.63) is 36.3 Å². The van der Waals surface area contributed by atoms with E-state index in [9.17, 15) is 9.18 Å². The molecule has 0 radical (unpaired) electrons. The van der Waals surface area contributed by atoms with Crippen LogP contribution >= 0.6 is 0 Å². The number of carbonyl (C=O) groups is 1. The van der Waals surface area contributed by atoms with E-state index in [4.69, 9.17) is 4.74 Å². The first-order chi connectivity index (χ1) is 11.2. The van der Waals surface area contributed by atoms with Gasteiger partial charge in [-0.05, 0) is 31.0 Å². The van der Waals surface area contributed by atoms with Gasteiger partial charge in [-0.15, -0.1) is 0 Å². The van der Waals surface area contributed by atoms with Crippen molar-refractivity contribution in [1.29, 1.82) is 0 Å². The highest BCUT2D eigenvalue weighted by Gasteiger charge is 2.22. The number of methoxy groups -OCH3 is 1. The van der Waals surface area contributed by atoms with Gasteiger partial charge in [0.15, 0.2) is 0 Å². The molecule has 0 bridgehead atoms. The number of fused-ring (bicyclic) bond motifs is 1. The number of pyridine rings is 1. The number of aromatic nitrogens is 1. The zero-order valence-corrected chi connectivity index (χ0v) is 13.1. The number of nitrogens with zero attached hydrogens (tertiary/aromatic N) is 2. The molecule has 1 N–H and O–H groups in total. The minimum Gasteiger partial charge on any atom is -0.382 e. The van der Waals surface area contributed by atoms with Crippen LogP contribution in [0.3, 0.4) is 0 Å². The molecule has 1 aromatic carbocycles. The van der Waals surface area contributed by atoms with Crippen molar-refractivity contribution >= 4 is 22.5 Å². The number of carbonyl (C=O) groups excluding carboxylic acids is 1. The highest BCUT2D eigenvalue weighted by Crippen LogP contribution is 2.25. The van der Waals surface area contributed by atoms with Crippen LogP contribution in [0.1, 0.15) is 12.8 Å². The third-order valence-corrected chi connectivity index (χ3v) is 4.18. The first-order valence-corrected chi connectivity index (χ1v) is 7.75. The Balaban J connectivity index is 1.66. The fourth-order valence-electron chi connectivity index (χ4n) is 2.96. The number of likely N-dealkylation sites (tertiary alicyclic amines) is 1. The highest BCUT2D eigenvalue weighted by atomic mass is 19.1. The van der Waals surface area contributed by atoms with Gasteiger partial charge in [0.2, 0.25) is 5.91 Å². The summed E-state index contributed by atoms with van der Waals surface area (Å²) in [5.74, 6) is -0.247. The van der Waals surface area contributed by atoms with Crippen LogP contribution in [0.2, 0.25) is 0 Å². The van der Waals surface area contributed by atoms with Crippen molar-refractivity contribution < 1.29 is 13.9 Å². The van der Waals surface area contributed by atoms with Crippen LogP contribution in [0.5, 0.6) is 0 Å². The summed E-state index contributed by atoms with van der Waals surface area (Å²) in [4.78, 5) is 17.8. The number of halogens is 1. The van der Waals surface area contributed by atoms with Gasteiger partial charge in [-0.25, -0.2) is 4.39 Å². The second-order valence-corrected chi connectivity index (χ2v) is 5.75. The van der Waals surface area contributed by atoms with E-state index in [0.29, 0.717) is 5.52 Å². The molecule has 0 atom stereocenters. The van der Waals surface area contributed by atoms with E-state index < -0.39 is 0 Å². The number of ether oxygens (including phenoxy) is 1. The number of rotatable bonds is 4. The summed E-state index contributed by atoms with van der Waals surface area (Å²) in [7, 11) is 1.53. The smallest absolute Gasteiger partial charge is 0.248 e. The Morgan fingerprint density at radius 1 is 1.39 bits per heavy atom. The van der Waals surface area contributed by atoms with Crippen molar-refractivity contribution in [2.24, 2.45) is 0 Å². The van der Waals surface area contributed by atoms with E-state index in [1.165, 1.54) is 19.2 Å². The fourth-order valence-corrected chi connectivity index (χ4v) is 2.96.